The Morgan fingerprint density at radius 3 is 2.80 bits per heavy atom. The van der Waals surface area contributed by atoms with Crippen LogP contribution in [0.3, 0.4) is 0 Å². The van der Waals surface area contributed by atoms with Gasteiger partial charge in [0, 0.05) is 30.4 Å². The summed E-state index contributed by atoms with van der Waals surface area (Å²) in [6, 6.07) is 0. The third-order valence-electron chi connectivity index (χ3n) is 4.19. The quantitative estimate of drug-likeness (QED) is 0.912. The van der Waals surface area contributed by atoms with Crippen LogP contribution in [0.25, 0.3) is 0 Å². The van der Waals surface area contributed by atoms with E-state index < -0.39 is 11.4 Å². The van der Waals surface area contributed by atoms with Gasteiger partial charge in [0.2, 0.25) is 0 Å². The van der Waals surface area contributed by atoms with Gasteiger partial charge in [0.25, 0.3) is 0 Å². The van der Waals surface area contributed by atoms with E-state index in [1.165, 1.54) is 0 Å². The molecule has 0 amide bonds. The second-order valence-corrected chi connectivity index (χ2v) is 5.87. The van der Waals surface area contributed by atoms with Crippen molar-refractivity contribution in [1.82, 2.24) is 9.88 Å². The summed E-state index contributed by atoms with van der Waals surface area (Å²) < 4.78 is 5.41. The maximum absolute atomic E-state index is 11.3. The van der Waals surface area contributed by atoms with E-state index in [4.69, 9.17) is 4.74 Å². The Morgan fingerprint density at radius 1 is 1.55 bits per heavy atom. The molecule has 0 aliphatic carbocycles. The van der Waals surface area contributed by atoms with Gasteiger partial charge in [-0.15, -0.1) is 0 Å². The average molecular weight is 278 g/mol. The molecule has 20 heavy (non-hydrogen) atoms. The van der Waals surface area contributed by atoms with Gasteiger partial charge in [-0.25, -0.2) is 0 Å². The van der Waals surface area contributed by atoms with Gasteiger partial charge in [-0.2, -0.15) is 0 Å². The number of hydrogen-bond acceptors (Lipinski definition) is 4. The molecule has 0 radical (unpaired) electrons. The Kier molecular flexibility index (Phi) is 3.99. The summed E-state index contributed by atoms with van der Waals surface area (Å²) >= 11 is 0. The van der Waals surface area contributed by atoms with Crippen molar-refractivity contribution in [3.05, 3.63) is 23.0 Å². The smallest absolute Gasteiger partial charge is 0.310 e. The average Bonchev–Trinajstić information content (AvgIpc) is 2.77. The van der Waals surface area contributed by atoms with Crippen molar-refractivity contribution in [3.8, 4) is 5.75 Å². The lowest BCUT2D eigenvalue weighted by Gasteiger charge is -2.21. The van der Waals surface area contributed by atoms with Crippen LogP contribution in [-0.4, -0.2) is 41.2 Å². The van der Waals surface area contributed by atoms with E-state index in [9.17, 15) is 9.90 Å². The molecule has 1 aliphatic rings. The summed E-state index contributed by atoms with van der Waals surface area (Å²) in [4.78, 5) is 17.9. The normalized spacial score (nSPS) is 23.0. The topological polar surface area (TPSA) is 62.7 Å². The van der Waals surface area contributed by atoms with Crippen LogP contribution in [0.2, 0.25) is 0 Å². The first-order valence-electron chi connectivity index (χ1n) is 6.82. The fourth-order valence-corrected chi connectivity index (χ4v) is 2.81. The van der Waals surface area contributed by atoms with Crippen LogP contribution in [0.5, 0.6) is 5.75 Å². The second-order valence-electron chi connectivity index (χ2n) is 5.87. The molecular weight excluding hydrogens is 256 g/mol. The fraction of sp³-hybridized carbons (Fsp3) is 0.600. The number of ether oxygens (including phenoxy) is 1. The highest BCUT2D eigenvalue weighted by atomic mass is 16.5. The Labute approximate surface area is 119 Å². The lowest BCUT2D eigenvalue weighted by Crippen LogP contribution is -2.31. The number of carboxylic acid groups (broad SMARTS) is 1. The molecule has 0 bridgehead atoms. The lowest BCUT2D eigenvalue weighted by atomic mass is 9.90. The van der Waals surface area contributed by atoms with Crippen molar-refractivity contribution in [2.24, 2.45) is 5.41 Å². The van der Waals surface area contributed by atoms with Crippen LogP contribution in [0.4, 0.5) is 0 Å². The van der Waals surface area contributed by atoms with Crippen LogP contribution in [-0.2, 0) is 11.3 Å². The molecule has 5 heteroatoms. The number of nitrogens with zero attached hydrogens (tertiary/aromatic N) is 2. The van der Waals surface area contributed by atoms with Crippen LogP contribution >= 0.6 is 0 Å². The van der Waals surface area contributed by atoms with Crippen molar-refractivity contribution in [2.45, 2.75) is 33.7 Å². The van der Waals surface area contributed by atoms with E-state index in [0.717, 1.165) is 29.1 Å². The minimum Gasteiger partial charge on any atom is -0.496 e. The predicted octanol–water partition coefficient (Wildman–Crippen LogP) is 2.00. The van der Waals surface area contributed by atoms with Crippen molar-refractivity contribution < 1.29 is 14.6 Å². The van der Waals surface area contributed by atoms with Crippen LogP contribution in [0.1, 0.15) is 30.2 Å². The number of aromatic nitrogens is 1. The Balaban J connectivity index is 2.15. The summed E-state index contributed by atoms with van der Waals surface area (Å²) in [6.45, 7) is 7.82. The minimum atomic E-state index is -0.717. The first-order valence-corrected chi connectivity index (χ1v) is 6.82. The number of pyridine rings is 1. The van der Waals surface area contributed by atoms with Crippen molar-refractivity contribution in [3.63, 3.8) is 0 Å². The number of carbonyl (C=O) groups is 1. The van der Waals surface area contributed by atoms with Crippen molar-refractivity contribution in [2.75, 3.05) is 20.2 Å². The summed E-state index contributed by atoms with van der Waals surface area (Å²) in [5, 5.41) is 9.27. The van der Waals surface area contributed by atoms with Crippen molar-refractivity contribution in [1.29, 1.82) is 0 Å². The van der Waals surface area contributed by atoms with Crippen LogP contribution in [0, 0.1) is 19.3 Å². The van der Waals surface area contributed by atoms with Crippen LogP contribution in [0.15, 0.2) is 6.20 Å². The highest BCUT2D eigenvalue weighted by Crippen LogP contribution is 2.32. The highest BCUT2D eigenvalue weighted by molar-refractivity contribution is 5.74. The van der Waals surface area contributed by atoms with E-state index in [1.54, 1.807) is 7.11 Å². The molecule has 2 rings (SSSR count). The largest absolute Gasteiger partial charge is 0.496 e. The third kappa shape index (κ3) is 2.63. The molecule has 5 nitrogen and oxygen atoms in total. The number of likely N-dealkylation sites (tertiary alicyclic amines) is 1. The van der Waals surface area contributed by atoms with Gasteiger partial charge in [0.15, 0.2) is 0 Å². The number of hydrogen-bond donors (Lipinski definition) is 1. The molecule has 0 spiro atoms. The molecule has 1 saturated heterocycles. The standard InChI is InChI=1S/C15H22N2O3/c1-10-7-16-12(11(2)13(10)20-4)8-17-6-5-15(3,9-17)14(18)19/h7H,5-6,8-9H2,1-4H3,(H,18,19). The summed E-state index contributed by atoms with van der Waals surface area (Å²) in [5.74, 6) is 0.154. The maximum atomic E-state index is 11.3. The van der Waals surface area contributed by atoms with E-state index in [0.29, 0.717) is 19.5 Å². The van der Waals surface area contributed by atoms with Gasteiger partial charge in [-0.1, -0.05) is 0 Å². The number of aryl methyl sites for hydroxylation is 1. The molecule has 1 unspecified atom stereocenters. The maximum Gasteiger partial charge on any atom is 0.310 e. The number of rotatable bonds is 4. The number of carboxylic acids is 1. The van der Waals surface area contributed by atoms with Gasteiger partial charge in [-0.3, -0.25) is 14.7 Å². The molecule has 1 aromatic rings. The molecule has 2 heterocycles. The Morgan fingerprint density at radius 2 is 2.25 bits per heavy atom. The molecule has 110 valence electrons. The predicted molar refractivity (Wildman–Crippen MR) is 75.9 cm³/mol. The first kappa shape index (κ1) is 14.8. The molecule has 1 aliphatic heterocycles. The molecule has 1 atom stereocenters. The minimum absolute atomic E-state index is 0.569. The summed E-state index contributed by atoms with van der Waals surface area (Å²) in [6.07, 6.45) is 2.50. The van der Waals surface area contributed by atoms with Gasteiger partial charge in [-0.05, 0) is 33.7 Å². The Bertz CT molecular complexity index is 530. The van der Waals surface area contributed by atoms with Gasteiger partial charge in [0.1, 0.15) is 5.75 Å². The summed E-state index contributed by atoms with van der Waals surface area (Å²) in [5.41, 5.74) is 2.38. The fourth-order valence-electron chi connectivity index (χ4n) is 2.81. The van der Waals surface area contributed by atoms with Gasteiger partial charge in [0.05, 0.1) is 18.2 Å². The Hall–Kier alpha value is -1.62. The van der Waals surface area contributed by atoms with Gasteiger partial charge >= 0.3 is 5.97 Å². The van der Waals surface area contributed by atoms with Crippen molar-refractivity contribution >= 4 is 5.97 Å². The molecular formula is C15H22N2O3. The zero-order valence-electron chi connectivity index (χ0n) is 12.6. The molecule has 1 fully saturated rings. The van der Waals surface area contributed by atoms with Crippen LogP contribution < -0.4 is 4.74 Å². The zero-order valence-corrected chi connectivity index (χ0v) is 12.6. The zero-order chi connectivity index (χ0) is 14.9. The monoisotopic (exact) mass is 278 g/mol. The number of methoxy groups -OCH3 is 1. The van der Waals surface area contributed by atoms with E-state index in [2.05, 4.69) is 9.88 Å². The third-order valence-corrected chi connectivity index (χ3v) is 4.19. The lowest BCUT2D eigenvalue weighted by molar-refractivity contribution is -0.147. The second kappa shape index (κ2) is 5.40. The summed E-state index contributed by atoms with van der Waals surface area (Å²) in [7, 11) is 1.66. The first-order chi connectivity index (χ1) is 9.37. The molecule has 0 saturated carbocycles. The van der Waals surface area contributed by atoms with E-state index >= 15 is 0 Å². The molecule has 1 N–H and O–H groups in total. The van der Waals surface area contributed by atoms with E-state index in [1.807, 2.05) is 27.0 Å². The van der Waals surface area contributed by atoms with Gasteiger partial charge < -0.3 is 9.84 Å². The SMILES string of the molecule is COc1c(C)cnc(CN2CCC(C)(C(=O)O)C2)c1C. The van der Waals surface area contributed by atoms with E-state index in [-0.39, 0.29) is 0 Å². The molecule has 0 aromatic carbocycles. The number of aliphatic carboxylic acids is 1. The molecule has 1 aromatic heterocycles. The highest BCUT2D eigenvalue weighted by Gasteiger charge is 2.40.